The molecule has 0 radical (unpaired) electrons. The first-order valence-corrected chi connectivity index (χ1v) is 9.66. The fraction of sp³-hybridized carbons (Fsp3) is 0.158. The SMILES string of the molecule is Cn1nc(-c2cccs2)cc1C(=O)NCCNc1ccc(-n2cccc2)nn1. The van der Waals surface area contributed by atoms with Crippen LogP contribution in [-0.2, 0) is 7.05 Å². The van der Waals surface area contributed by atoms with Crippen molar-refractivity contribution in [1.29, 1.82) is 0 Å². The van der Waals surface area contributed by atoms with Crippen LogP contribution in [0.15, 0.2) is 60.2 Å². The summed E-state index contributed by atoms with van der Waals surface area (Å²) in [5.74, 6) is 1.25. The van der Waals surface area contributed by atoms with Gasteiger partial charge in [0.05, 0.1) is 4.88 Å². The summed E-state index contributed by atoms with van der Waals surface area (Å²) in [6.07, 6.45) is 3.82. The van der Waals surface area contributed by atoms with Crippen molar-refractivity contribution in [2.75, 3.05) is 18.4 Å². The van der Waals surface area contributed by atoms with Gasteiger partial charge in [0.25, 0.3) is 5.91 Å². The molecule has 0 bridgehead atoms. The largest absolute Gasteiger partial charge is 0.367 e. The highest BCUT2D eigenvalue weighted by atomic mass is 32.1. The van der Waals surface area contributed by atoms with Crippen LogP contribution in [-0.4, -0.2) is 43.5 Å². The number of nitrogens with zero attached hydrogens (tertiary/aromatic N) is 5. The average molecular weight is 393 g/mol. The second kappa shape index (κ2) is 8.05. The van der Waals surface area contributed by atoms with E-state index in [2.05, 4.69) is 25.9 Å². The number of aromatic nitrogens is 5. The molecule has 142 valence electrons. The quantitative estimate of drug-likeness (QED) is 0.471. The Morgan fingerprint density at radius 3 is 2.68 bits per heavy atom. The highest BCUT2D eigenvalue weighted by Gasteiger charge is 2.14. The zero-order chi connectivity index (χ0) is 19.3. The zero-order valence-corrected chi connectivity index (χ0v) is 16.1. The third-order valence-electron chi connectivity index (χ3n) is 4.12. The van der Waals surface area contributed by atoms with Gasteiger partial charge in [0, 0.05) is 32.5 Å². The van der Waals surface area contributed by atoms with Crippen molar-refractivity contribution in [2.24, 2.45) is 7.05 Å². The van der Waals surface area contributed by atoms with E-state index in [-0.39, 0.29) is 5.91 Å². The van der Waals surface area contributed by atoms with Gasteiger partial charge in [-0.3, -0.25) is 9.48 Å². The molecule has 4 aromatic rings. The number of carbonyl (C=O) groups excluding carboxylic acids is 1. The minimum Gasteiger partial charge on any atom is -0.367 e. The summed E-state index contributed by atoms with van der Waals surface area (Å²) in [6, 6.07) is 13.4. The van der Waals surface area contributed by atoms with Gasteiger partial charge in [-0.25, -0.2) is 0 Å². The van der Waals surface area contributed by atoms with Crippen molar-refractivity contribution in [2.45, 2.75) is 0 Å². The van der Waals surface area contributed by atoms with Crippen LogP contribution in [0.4, 0.5) is 5.82 Å². The molecule has 4 rings (SSSR count). The summed E-state index contributed by atoms with van der Waals surface area (Å²) in [4.78, 5) is 13.4. The maximum atomic E-state index is 12.4. The first kappa shape index (κ1) is 17.9. The van der Waals surface area contributed by atoms with Crippen LogP contribution in [0.5, 0.6) is 0 Å². The zero-order valence-electron chi connectivity index (χ0n) is 15.2. The van der Waals surface area contributed by atoms with E-state index in [1.54, 1.807) is 29.1 Å². The van der Waals surface area contributed by atoms with E-state index in [1.807, 2.05) is 58.7 Å². The average Bonchev–Trinajstić information content (AvgIpc) is 3.47. The van der Waals surface area contributed by atoms with E-state index in [0.717, 1.165) is 16.4 Å². The van der Waals surface area contributed by atoms with Gasteiger partial charge in [0.15, 0.2) is 5.82 Å². The Morgan fingerprint density at radius 2 is 1.96 bits per heavy atom. The summed E-state index contributed by atoms with van der Waals surface area (Å²) in [7, 11) is 1.77. The van der Waals surface area contributed by atoms with Crippen molar-refractivity contribution in [3.63, 3.8) is 0 Å². The molecule has 2 N–H and O–H groups in total. The van der Waals surface area contributed by atoms with Crippen molar-refractivity contribution in [1.82, 2.24) is 29.9 Å². The number of rotatable bonds is 7. The number of hydrogen-bond donors (Lipinski definition) is 2. The number of aryl methyl sites for hydroxylation is 1. The van der Waals surface area contributed by atoms with Gasteiger partial charge in [-0.15, -0.1) is 21.5 Å². The summed E-state index contributed by atoms with van der Waals surface area (Å²) >= 11 is 1.60. The molecule has 0 aliphatic heterocycles. The second-order valence-electron chi connectivity index (χ2n) is 6.07. The Labute approximate surface area is 165 Å². The highest BCUT2D eigenvalue weighted by Crippen LogP contribution is 2.23. The lowest BCUT2D eigenvalue weighted by molar-refractivity contribution is 0.0946. The molecule has 0 aromatic carbocycles. The number of anilines is 1. The lowest BCUT2D eigenvalue weighted by atomic mass is 10.3. The molecular formula is C19H19N7OS. The molecule has 4 aromatic heterocycles. The third kappa shape index (κ3) is 3.94. The predicted molar refractivity (Wildman–Crippen MR) is 109 cm³/mol. The van der Waals surface area contributed by atoms with Crippen molar-refractivity contribution in [3.8, 4) is 16.4 Å². The van der Waals surface area contributed by atoms with Gasteiger partial charge >= 0.3 is 0 Å². The number of carbonyl (C=O) groups is 1. The first-order valence-electron chi connectivity index (χ1n) is 8.78. The van der Waals surface area contributed by atoms with E-state index >= 15 is 0 Å². The second-order valence-corrected chi connectivity index (χ2v) is 7.01. The fourth-order valence-electron chi connectivity index (χ4n) is 2.73. The standard InChI is InChI=1S/C19H19N7OS/c1-25-15(13-14(24-25)16-5-4-12-28-16)19(27)21-9-8-20-17-6-7-18(23-22-17)26-10-2-3-11-26/h2-7,10-13H,8-9H2,1H3,(H,20,22)(H,21,27). The Bertz CT molecular complexity index is 1040. The summed E-state index contributed by atoms with van der Waals surface area (Å²) in [5, 5.41) is 20.8. The fourth-order valence-corrected chi connectivity index (χ4v) is 3.41. The van der Waals surface area contributed by atoms with Crippen LogP contribution in [0.25, 0.3) is 16.4 Å². The normalized spacial score (nSPS) is 10.8. The smallest absolute Gasteiger partial charge is 0.269 e. The Morgan fingerprint density at radius 1 is 1.11 bits per heavy atom. The molecule has 4 heterocycles. The van der Waals surface area contributed by atoms with Crippen molar-refractivity contribution < 1.29 is 4.79 Å². The first-order chi connectivity index (χ1) is 13.7. The lowest BCUT2D eigenvalue weighted by Crippen LogP contribution is -2.30. The molecule has 0 aliphatic rings. The van der Waals surface area contributed by atoms with Gasteiger partial charge < -0.3 is 15.2 Å². The van der Waals surface area contributed by atoms with E-state index in [0.29, 0.717) is 24.6 Å². The van der Waals surface area contributed by atoms with Crippen LogP contribution >= 0.6 is 11.3 Å². The van der Waals surface area contributed by atoms with Gasteiger partial charge in [0.1, 0.15) is 17.2 Å². The molecule has 0 fully saturated rings. The van der Waals surface area contributed by atoms with Crippen LogP contribution in [0.1, 0.15) is 10.5 Å². The molecule has 28 heavy (non-hydrogen) atoms. The molecule has 9 heteroatoms. The monoisotopic (exact) mass is 393 g/mol. The Kier molecular flexibility index (Phi) is 5.16. The molecule has 0 saturated heterocycles. The highest BCUT2D eigenvalue weighted by molar-refractivity contribution is 7.13. The molecule has 1 amide bonds. The summed E-state index contributed by atoms with van der Waals surface area (Å²) < 4.78 is 3.48. The molecule has 0 atom stereocenters. The predicted octanol–water partition coefficient (Wildman–Crippen LogP) is 2.57. The molecule has 0 spiro atoms. The van der Waals surface area contributed by atoms with Crippen LogP contribution in [0, 0.1) is 0 Å². The van der Waals surface area contributed by atoms with Gasteiger partial charge in [-0.2, -0.15) is 5.10 Å². The third-order valence-corrected chi connectivity index (χ3v) is 5.01. The molecule has 0 saturated carbocycles. The van der Waals surface area contributed by atoms with E-state index < -0.39 is 0 Å². The van der Waals surface area contributed by atoms with Crippen LogP contribution < -0.4 is 10.6 Å². The lowest BCUT2D eigenvalue weighted by Gasteiger charge is -2.08. The maximum Gasteiger partial charge on any atom is 0.269 e. The minimum absolute atomic E-state index is 0.159. The Hall–Kier alpha value is -3.46. The van der Waals surface area contributed by atoms with E-state index in [9.17, 15) is 4.79 Å². The number of hydrogen-bond acceptors (Lipinski definition) is 6. The topological polar surface area (TPSA) is 89.7 Å². The van der Waals surface area contributed by atoms with Gasteiger partial charge in [-0.05, 0) is 41.8 Å². The number of nitrogens with one attached hydrogen (secondary N) is 2. The number of amides is 1. The molecular weight excluding hydrogens is 374 g/mol. The van der Waals surface area contributed by atoms with Gasteiger partial charge in [0.2, 0.25) is 0 Å². The minimum atomic E-state index is -0.159. The summed E-state index contributed by atoms with van der Waals surface area (Å²) in [5.41, 5.74) is 1.33. The summed E-state index contributed by atoms with van der Waals surface area (Å²) in [6.45, 7) is 0.998. The Balaban J connectivity index is 1.28. The van der Waals surface area contributed by atoms with Gasteiger partial charge in [-0.1, -0.05) is 6.07 Å². The molecule has 8 nitrogen and oxygen atoms in total. The van der Waals surface area contributed by atoms with Crippen molar-refractivity contribution >= 4 is 23.1 Å². The molecule has 0 unspecified atom stereocenters. The van der Waals surface area contributed by atoms with E-state index in [1.165, 1.54) is 0 Å². The van der Waals surface area contributed by atoms with Crippen LogP contribution in [0.3, 0.4) is 0 Å². The maximum absolute atomic E-state index is 12.4. The van der Waals surface area contributed by atoms with Crippen molar-refractivity contribution in [3.05, 3.63) is 65.9 Å². The van der Waals surface area contributed by atoms with Crippen LogP contribution in [0.2, 0.25) is 0 Å². The van der Waals surface area contributed by atoms with E-state index in [4.69, 9.17) is 0 Å². The molecule has 0 aliphatic carbocycles. The number of thiophene rings is 1.